The number of halogens is 4. The number of aromatic hydroxyl groups is 1. The van der Waals surface area contributed by atoms with Crippen molar-refractivity contribution in [3.05, 3.63) is 63.1 Å². The monoisotopic (exact) mass is 481 g/mol. The first-order valence-corrected chi connectivity index (χ1v) is 10.5. The SMILES string of the molecule is C[C@@H]1[C@H]2C[C@H](N3C(=O)c4c(O)c(=O)c(C(=O)NCc5ccc(F)cc5F)cn4CC3O2)C1(F)F. The number of carbonyl (C=O) groups is 2. The highest BCUT2D eigenvalue weighted by atomic mass is 19.3. The molecule has 2 aliphatic heterocycles. The average Bonchev–Trinajstić information content (AvgIpc) is 2.95. The number of pyridine rings is 1. The zero-order valence-electron chi connectivity index (χ0n) is 17.7. The number of amides is 2. The van der Waals surface area contributed by atoms with E-state index in [9.17, 15) is 37.1 Å². The normalized spacial score (nSPS) is 26.7. The van der Waals surface area contributed by atoms with E-state index in [1.807, 2.05) is 0 Å². The first-order valence-electron chi connectivity index (χ1n) is 10.5. The molecular formula is C22H19F4N3O5. The lowest BCUT2D eigenvalue weighted by Gasteiger charge is -2.44. The van der Waals surface area contributed by atoms with Crippen molar-refractivity contribution in [1.82, 2.24) is 14.8 Å². The van der Waals surface area contributed by atoms with Gasteiger partial charge in [0.1, 0.15) is 23.2 Å². The van der Waals surface area contributed by atoms with E-state index >= 15 is 0 Å². The number of hydrogen-bond donors (Lipinski definition) is 2. The number of fused-ring (bicyclic) bond motifs is 5. The van der Waals surface area contributed by atoms with Crippen molar-refractivity contribution in [2.24, 2.45) is 5.92 Å². The average molecular weight is 481 g/mol. The van der Waals surface area contributed by atoms with Gasteiger partial charge >= 0.3 is 0 Å². The molecule has 12 heteroatoms. The number of ether oxygens (including phenoxy) is 1. The fraction of sp³-hybridized carbons (Fsp3) is 0.409. The summed E-state index contributed by atoms with van der Waals surface area (Å²) < 4.78 is 63.2. The van der Waals surface area contributed by atoms with Gasteiger partial charge in [0.2, 0.25) is 5.43 Å². The summed E-state index contributed by atoms with van der Waals surface area (Å²) in [6.45, 7) is 0.784. The quantitative estimate of drug-likeness (QED) is 0.654. The number of nitrogens with one attached hydrogen (secondary N) is 1. The van der Waals surface area contributed by atoms with Crippen LogP contribution in [0.3, 0.4) is 0 Å². The first kappa shape index (κ1) is 22.4. The van der Waals surface area contributed by atoms with E-state index in [0.29, 0.717) is 6.07 Å². The molecule has 180 valence electrons. The smallest absolute Gasteiger partial charge is 0.277 e. The summed E-state index contributed by atoms with van der Waals surface area (Å²) in [5, 5.41) is 12.8. The number of alkyl halides is 2. The van der Waals surface area contributed by atoms with Crippen molar-refractivity contribution < 1.29 is 37.0 Å². The minimum atomic E-state index is -3.21. The molecule has 0 radical (unpaired) electrons. The summed E-state index contributed by atoms with van der Waals surface area (Å²) in [6.07, 6.45) is -0.866. The molecule has 2 aromatic rings. The summed E-state index contributed by atoms with van der Waals surface area (Å²) in [7, 11) is 0. The van der Waals surface area contributed by atoms with E-state index < -0.39 is 76.1 Å². The molecule has 0 spiro atoms. The molecule has 2 amide bonds. The predicted molar refractivity (Wildman–Crippen MR) is 107 cm³/mol. The molecule has 5 rings (SSSR count). The van der Waals surface area contributed by atoms with Crippen LogP contribution in [0, 0.1) is 17.6 Å². The molecule has 1 aromatic carbocycles. The Labute approximate surface area is 189 Å². The maximum atomic E-state index is 14.7. The third-order valence-corrected chi connectivity index (χ3v) is 6.79. The highest BCUT2D eigenvalue weighted by Crippen LogP contribution is 2.50. The largest absolute Gasteiger partial charge is 0.503 e. The van der Waals surface area contributed by atoms with Crippen molar-refractivity contribution in [2.45, 2.75) is 50.7 Å². The Kier molecular flexibility index (Phi) is 4.97. The Morgan fingerprint density at radius 1 is 1.29 bits per heavy atom. The van der Waals surface area contributed by atoms with Gasteiger partial charge in [-0.15, -0.1) is 0 Å². The molecule has 2 N–H and O–H groups in total. The number of rotatable bonds is 3. The fourth-order valence-corrected chi connectivity index (χ4v) is 4.88. The van der Waals surface area contributed by atoms with Crippen LogP contribution in [0.25, 0.3) is 0 Å². The van der Waals surface area contributed by atoms with Crippen LogP contribution in [-0.4, -0.2) is 50.7 Å². The third kappa shape index (κ3) is 3.19. The maximum Gasteiger partial charge on any atom is 0.277 e. The molecule has 2 fully saturated rings. The van der Waals surface area contributed by atoms with Crippen LogP contribution < -0.4 is 10.7 Å². The Balaban J connectivity index is 1.45. The summed E-state index contributed by atoms with van der Waals surface area (Å²) >= 11 is 0. The molecule has 8 nitrogen and oxygen atoms in total. The molecule has 1 saturated carbocycles. The molecule has 34 heavy (non-hydrogen) atoms. The van der Waals surface area contributed by atoms with Gasteiger partial charge in [0.15, 0.2) is 17.7 Å². The standard InChI is InChI=1S/C22H19F4N3O5/c1-9-14-5-15(22(9,25)26)29-16(34-14)8-28-7-12(18(30)19(31)17(28)21(29)33)20(32)27-6-10-2-3-11(23)4-13(10)24/h2-4,7,9,14-16,31H,5-6,8H2,1H3,(H,27,32)/t9-,14-,15+,16?/m1/s1. The highest BCUT2D eigenvalue weighted by molar-refractivity contribution is 5.99. The van der Waals surface area contributed by atoms with E-state index in [2.05, 4.69) is 5.32 Å². The van der Waals surface area contributed by atoms with Gasteiger partial charge in [-0.25, -0.2) is 17.6 Å². The third-order valence-electron chi connectivity index (χ3n) is 6.79. The van der Waals surface area contributed by atoms with Gasteiger partial charge in [-0.3, -0.25) is 14.4 Å². The van der Waals surface area contributed by atoms with Crippen LogP contribution in [0.15, 0.2) is 29.2 Å². The number of hydrogen-bond acceptors (Lipinski definition) is 5. The molecule has 3 heterocycles. The topological polar surface area (TPSA) is 101 Å². The van der Waals surface area contributed by atoms with Crippen molar-refractivity contribution in [1.29, 1.82) is 0 Å². The van der Waals surface area contributed by atoms with Gasteiger partial charge in [-0.1, -0.05) is 13.0 Å². The van der Waals surface area contributed by atoms with Crippen LogP contribution >= 0.6 is 0 Å². The van der Waals surface area contributed by atoms with Gasteiger partial charge in [0.05, 0.1) is 12.6 Å². The molecule has 1 aromatic heterocycles. The van der Waals surface area contributed by atoms with Gasteiger partial charge in [-0.2, -0.15) is 0 Å². The maximum absolute atomic E-state index is 14.7. The lowest BCUT2D eigenvalue weighted by molar-refractivity contribution is -0.145. The number of carbonyl (C=O) groups excluding carboxylic acids is 2. The van der Waals surface area contributed by atoms with E-state index in [4.69, 9.17) is 4.74 Å². The second-order valence-electron chi connectivity index (χ2n) is 8.70. The number of benzene rings is 1. The fourth-order valence-electron chi connectivity index (χ4n) is 4.88. The second kappa shape index (κ2) is 7.55. The van der Waals surface area contributed by atoms with E-state index in [-0.39, 0.29) is 25.1 Å². The number of nitrogens with zero attached hydrogens (tertiary/aromatic N) is 2. The Morgan fingerprint density at radius 2 is 2.03 bits per heavy atom. The zero-order chi connectivity index (χ0) is 24.5. The summed E-state index contributed by atoms with van der Waals surface area (Å²) in [4.78, 5) is 39.2. The summed E-state index contributed by atoms with van der Waals surface area (Å²) in [5.74, 6) is -9.05. The lowest BCUT2D eigenvalue weighted by Crippen LogP contribution is -2.60. The Bertz CT molecular complexity index is 1280. The van der Waals surface area contributed by atoms with Crippen LogP contribution in [0.1, 0.15) is 39.8 Å². The molecule has 1 saturated heterocycles. The first-order chi connectivity index (χ1) is 16.0. The Hall–Kier alpha value is -3.41. The zero-order valence-corrected chi connectivity index (χ0v) is 17.7. The lowest BCUT2D eigenvalue weighted by atomic mass is 10.0. The molecule has 4 atom stereocenters. The van der Waals surface area contributed by atoms with Crippen LogP contribution in [-0.2, 0) is 17.8 Å². The summed E-state index contributed by atoms with van der Waals surface area (Å²) in [5.41, 5.74) is -2.27. The number of aromatic nitrogens is 1. The highest BCUT2D eigenvalue weighted by Gasteiger charge is 2.64. The van der Waals surface area contributed by atoms with Crippen molar-refractivity contribution >= 4 is 11.8 Å². The molecule has 2 bridgehead atoms. The molecule has 3 aliphatic rings. The van der Waals surface area contributed by atoms with Crippen LogP contribution in [0.5, 0.6) is 5.75 Å². The van der Waals surface area contributed by atoms with Crippen molar-refractivity contribution in [2.75, 3.05) is 0 Å². The van der Waals surface area contributed by atoms with Gasteiger partial charge in [0.25, 0.3) is 17.7 Å². The van der Waals surface area contributed by atoms with Crippen molar-refractivity contribution in [3.8, 4) is 5.75 Å². The van der Waals surface area contributed by atoms with E-state index in [1.165, 1.54) is 6.92 Å². The van der Waals surface area contributed by atoms with Gasteiger partial charge in [-0.05, 0) is 6.07 Å². The van der Waals surface area contributed by atoms with Crippen molar-refractivity contribution in [3.63, 3.8) is 0 Å². The molecular weight excluding hydrogens is 462 g/mol. The van der Waals surface area contributed by atoms with E-state index in [0.717, 1.165) is 27.8 Å². The van der Waals surface area contributed by atoms with Gasteiger partial charge < -0.3 is 24.6 Å². The predicted octanol–water partition coefficient (Wildman–Crippen LogP) is 1.99. The van der Waals surface area contributed by atoms with Crippen LogP contribution in [0.2, 0.25) is 0 Å². The minimum absolute atomic E-state index is 0.0380. The Morgan fingerprint density at radius 3 is 2.74 bits per heavy atom. The van der Waals surface area contributed by atoms with E-state index in [1.54, 1.807) is 0 Å². The van der Waals surface area contributed by atoms with Gasteiger partial charge in [0, 0.05) is 36.7 Å². The minimum Gasteiger partial charge on any atom is -0.503 e. The second-order valence-corrected chi connectivity index (χ2v) is 8.70. The van der Waals surface area contributed by atoms with Crippen LogP contribution in [0.4, 0.5) is 17.6 Å². The molecule has 1 aliphatic carbocycles. The summed E-state index contributed by atoms with van der Waals surface area (Å²) in [6, 6.07) is 1.33. The molecule has 1 unspecified atom stereocenters.